The topological polar surface area (TPSA) is 44.3 Å². The van der Waals surface area contributed by atoms with Crippen molar-refractivity contribution >= 4 is 11.8 Å². The fourth-order valence-electron chi connectivity index (χ4n) is 2.50. The molecule has 1 aliphatic heterocycles. The van der Waals surface area contributed by atoms with Crippen molar-refractivity contribution in [3.05, 3.63) is 11.8 Å². The number of hydrogen-bond donors (Lipinski definition) is 1. The highest BCUT2D eigenvalue weighted by Crippen LogP contribution is 2.17. The zero-order valence-electron chi connectivity index (χ0n) is 13.2. The summed E-state index contributed by atoms with van der Waals surface area (Å²) in [4.78, 5) is 14.0. The highest BCUT2D eigenvalue weighted by Gasteiger charge is 2.20. The van der Waals surface area contributed by atoms with Crippen LogP contribution >= 0.6 is 0 Å². The van der Waals surface area contributed by atoms with Crippen LogP contribution in [0.25, 0.3) is 0 Å². The van der Waals surface area contributed by atoms with Gasteiger partial charge in [-0.05, 0) is 27.2 Å². The van der Waals surface area contributed by atoms with E-state index < -0.39 is 0 Å². The van der Waals surface area contributed by atoms with Gasteiger partial charge in [-0.2, -0.15) is 4.98 Å². The van der Waals surface area contributed by atoms with Gasteiger partial charge in [0.25, 0.3) is 0 Å². The molecule has 2 heterocycles. The van der Waals surface area contributed by atoms with Crippen molar-refractivity contribution in [3.63, 3.8) is 0 Å². The molecule has 0 aromatic carbocycles. The average Bonchev–Trinajstić information content (AvgIpc) is 2.44. The third kappa shape index (κ3) is 3.82. The molecule has 5 heteroatoms. The van der Waals surface area contributed by atoms with E-state index >= 15 is 0 Å². The lowest BCUT2D eigenvalue weighted by Crippen LogP contribution is -2.49. The standard InChI is InChI=1S/C15H27N5/c1-5-6-16-15-17-13(4)11-14(18-15)20-9-7-19(8-10-20)12(2)3/h11-12H,5-10H2,1-4H3,(H,16,17,18). The van der Waals surface area contributed by atoms with Gasteiger partial charge in [-0.25, -0.2) is 4.98 Å². The van der Waals surface area contributed by atoms with Gasteiger partial charge in [-0.1, -0.05) is 6.92 Å². The number of aromatic nitrogens is 2. The molecule has 1 aliphatic rings. The van der Waals surface area contributed by atoms with Gasteiger partial charge in [0.1, 0.15) is 5.82 Å². The number of nitrogens with zero attached hydrogens (tertiary/aromatic N) is 4. The number of hydrogen-bond acceptors (Lipinski definition) is 5. The summed E-state index contributed by atoms with van der Waals surface area (Å²) in [5, 5.41) is 3.28. The van der Waals surface area contributed by atoms with Crippen LogP contribution in [0.2, 0.25) is 0 Å². The monoisotopic (exact) mass is 277 g/mol. The third-order valence-electron chi connectivity index (χ3n) is 3.74. The molecule has 0 unspecified atom stereocenters. The number of anilines is 2. The lowest BCUT2D eigenvalue weighted by atomic mass is 10.2. The van der Waals surface area contributed by atoms with Crippen molar-refractivity contribution < 1.29 is 0 Å². The average molecular weight is 277 g/mol. The summed E-state index contributed by atoms with van der Waals surface area (Å²) in [5.41, 5.74) is 1.03. The van der Waals surface area contributed by atoms with Gasteiger partial charge in [-0.3, -0.25) is 4.90 Å². The molecule has 2 rings (SSSR count). The minimum atomic E-state index is 0.631. The van der Waals surface area contributed by atoms with Crippen molar-refractivity contribution in [2.24, 2.45) is 0 Å². The second kappa shape index (κ2) is 6.88. The summed E-state index contributed by atoms with van der Waals surface area (Å²) < 4.78 is 0. The minimum absolute atomic E-state index is 0.631. The molecule has 0 bridgehead atoms. The Hall–Kier alpha value is -1.36. The highest BCUT2D eigenvalue weighted by molar-refractivity contribution is 5.45. The third-order valence-corrected chi connectivity index (χ3v) is 3.74. The van der Waals surface area contributed by atoms with Crippen molar-refractivity contribution in [1.29, 1.82) is 0 Å². The van der Waals surface area contributed by atoms with Crippen molar-refractivity contribution in [1.82, 2.24) is 14.9 Å². The van der Waals surface area contributed by atoms with E-state index in [-0.39, 0.29) is 0 Å². The lowest BCUT2D eigenvalue weighted by Gasteiger charge is -2.37. The van der Waals surface area contributed by atoms with Crippen LogP contribution in [0.4, 0.5) is 11.8 Å². The molecule has 0 amide bonds. The van der Waals surface area contributed by atoms with Gasteiger partial charge in [-0.15, -0.1) is 0 Å². The summed E-state index contributed by atoms with van der Waals surface area (Å²) >= 11 is 0. The van der Waals surface area contributed by atoms with Crippen molar-refractivity contribution in [2.45, 2.75) is 40.2 Å². The molecule has 0 aliphatic carbocycles. The molecule has 0 spiro atoms. The first-order valence-electron chi connectivity index (χ1n) is 7.68. The Morgan fingerprint density at radius 2 is 1.90 bits per heavy atom. The first-order chi connectivity index (χ1) is 9.60. The summed E-state index contributed by atoms with van der Waals surface area (Å²) in [6.07, 6.45) is 1.08. The van der Waals surface area contributed by atoms with E-state index in [2.05, 4.69) is 51.9 Å². The lowest BCUT2D eigenvalue weighted by molar-refractivity contribution is 0.209. The van der Waals surface area contributed by atoms with Crippen LogP contribution in [0, 0.1) is 6.92 Å². The Morgan fingerprint density at radius 1 is 1.20 bits per heavy atom. The van der Waals surface area contributed by atoms with Crippen molar-refractivity contribution in [3.8, 4) is 0 Å². The van der Waals surface area contributed by atoms with E-state index in [0.29, 0.717) is 6.04 Å². The first-order valence-corrected chi connectivity index (χ1v) is 7.68. The summed E-state index contributed by atoms with van der Waals surface area (Å²) in [6, 6.07) is 2.72. The second-order valence-corrected chi connectivity index (χ2v) is 5.73. The Morgan fingerprint density at radius 3 is 2.50 bits per heavy atom. The second-order valence-electron chi connectivity index (χ2n) is 5.73. The molecular weight excluding hydrogens is 250 g/mol. The van der Waals surface area contributed by atoms with Crippen LogP contribution in [-0.2, 0) is 0 Å². The van der Waals surface area contributed by atoms with Crippen LogP contribution in [0.5, 0.6) is 0 Å². The molecule has 1 aromatic heterocycles. The van der Waals surface area contributed by atoms with E-state index in [1.165, 1.54) is 0 Å². The Labute approximate surface area is 122 Å². The van der Waals surface area contributed by atoms with Crippen LogP contribution in [0.15, 0.2) is 6.07 Å². The predicted octanol–water partition coefficient (Wildman–Crippen LogP) is 2.14. The van der Waals surface area contributed by atoms with E-state index in [4.69, 9.17) is 0 Å². The number of aryl methyl sites for hydroxylation is 1. The van der Waals surface area contributed by atoms with Gasteiger partial charge in [0, 0.05) is 50.5 Å². The van der Waals surface area contributed by atoms with Gasteiger partial charge in [0.2, 0.25) is 5.95 Å². The summed E-state index contributed by atoms with van der Waals surface area (Å²) in [6.45, 7) is 13.9. The Kier molecular flexibility index (Phi) is 5.17. The summed E-state index contributed by atoms with van der Waals surface area (Å²) in [7, 11) is 0. The molecule has 1 fully saturated rings. The molecule has 1 saturated heterocycles. The van der Waals surface area contributed by atoms with Crippen molar-refractivity contribution in [2.75, 3.05) is 42.9 Å². The zero-order chi connectivity index (χ0) is 14.5. The number of rotatable bonds is 5. The normalized spacial score (nSPS) is 16.8. The zero-order valence-corrected chi connectivity index (χ0v) is 13.2. The van der Waals surface area contributed by atoms with E-state index in [1.807, 2.05) is 6.92 Å². The Balaban J connectivity index is 2.03. The van der Waals surface area contributed by atoms with Crippen LogP contribution in [0.1, 0.15) is 32.9 Å². The molecule has 1 N–H and O–H groups in total. The highest BCUT2D eigenvalue weighted by atomic mass is 15.3. The van der Waals surface area contributed by atoms with Crippen LogP contribution in [0.3, 0.4) is 0 Å². The van der Waals surface area contributed by atoms with Gasteiger partial charge >= 0.3 is 0 Å². The fourth-order valence-corrected chi connectivity index (χ4v) is 2.50. The number of piperazine rings is 1. The fraction of sp³-hybridized carbons (Fsp3) is 0.733. The maximum absolute atomic E-state index is 4.65. The maximum atomic E-state index is 4.65. The molecular formula is C15H27N5. The summed E-state index contributed by atoms with van der Waals surface area (Å²) in [5.74, 6) is 1.81. The van der Waals surface area contributed by atoms with E-state index in [9.17, 15) is 0 Å². The van der Waals surface area contributed by atoms with Crippen LogP contribution in [-0.4, -0.2) is 53.6 Å². The largest absolute Gasteiger partial charge is 0.354 e. The molecule has 112 valence electrons. The number of nitrogens with one attached hydrogen (secondary N) is 1. The minimum Gasteiger partial charge on any atom is -0.354 e. The predicted molar refractivity (Wildman–Crippen MR) is 84.5 cm³/mol. The SMILES string of the molecule is CCCNc1nc(C)cc(N2CCN(C(C)C)CC2)n1. The van der Waals surface area contributed by atoms with Gasteiger partial charge < -0.3 is 10.2 Å². The molecule has 20 heavy (non-hydrogen) atoms. The Bertz CT molecular complexity index is 424. The molecule has 1 aromatic rings. The molecule has 0 radical (unpaired) electrons. The quantitative estimate of drug-likeness (QED) is 0.893. The van der Waals surface area contributed by atoms with Gasteiger partial charge in [0.15, 0.2) is 0 Å². The van der Waals surface area contributed by atoms with E-state index in [1.54, 1.807) is 0 Å². The van der Waals surface area contributed by atoms with Crippen LogP contribution < -0.4 is 10.2 Å². The smallest absolute Gasteiger partial charge is 0.224 e. The maximum Gasteiger partial charge on any atom is 0.224 e. The molecule has 0 atom stereocenters. The molecule has 5 nitrogen and oxygen atoms in total. The van der Waals surface area contributed by atoms with Gasteiger partial charge in [0.05, 0.1) is 0 Å². The first kappa shape index (κ1) is 15.0. The molecule has 0 saturated carbocycles. The van der Waals surface area contributed by atoms with E-state index in [0.717, 1.165) is 56.6 Å².